The van der Waals surface area contributed by atoms with Crippen LogP contribution in [0.4, 0.5) is 5.82 Å². The number of aryl methyl sites for hydroxylation is 2. The summed E-state index contributed by atoms with van der Waals surface area (Å²) in [5.74, 6) is 1.04. The van der Waals surface area contributed by atoms with Crippen molar-refractivity contribution in [2.45, 2.75) is 32.7 Å². The highest BCUT2D eigenvalue weighted by Gasteiger charge is 2.21. The fraction of sp³-hybridized carbons (Fsp3) is 0.500. The Hall–Kier alpha value is -1.05. The van der Waals surface area contributed by atoms with E-state index in [1.165, 1.54) is 18.4 Å². The Morgan fingerprint density at radius 1 is 1.33 bits per heavy atom. The second kappa shape index (κ2) is 2.77. The lowest BCUT2D eigenvalue weighted by atomic mass is 10.2. The van der Waals surface area contributed by atoms with E-state index in [4.69, 9.17) is 0 Å². The Kier molecular flexibility index (Phi) is 1.75. The highest BCUT2D eigenvalue weighted by molar-refractivity contribution is 5.40. The van der Waals surface area contributed by atoms with Crippen LogP contribution in [0.25, 0.3) is 0 Å². The molecule has 0 unspecified atom stereocenters. The summed E-state index contributed by atoms with van der Waals surface area (Å²) >= 11 is 0. The van der Waals surface area contributed by atoms with Crippen LogP contribution in [0, 0.1) is 13.8 Å². The molecule has 0 aromatic carbocycles. The molecule has 1 saturated carbocycles. The predicted molar refractivity (Wildman–Crippen MR) is 50.4 cm³/mol. The number of hydrogen-bond donors (Lipinski definition) is 1. The molecule has 1 aliphatic carbocycles. The molecule has 2 nitrogen and oxygen atoms in total. The van der Waals surface area contributed by atoms with Gasteiger partial charge in [-0.05, 0) is 44.4 Å². The second-order valence-corrected chi connectivity index (χ2v) is 3.59. The van der Waals surface area contributed by atoms with Crippen molar-refractivity contribution in [2.75, 3.05) is 5.32 Å². The van der Waals surface area contributed by atoms with Crippen molar-refractivity contribution in [1.82, 2.24) is 4.98 Å². The van der Waals surface area contributed by atoms with Crippen molar-refractivity contribution in [3.63, 3.8) is 0 Å². The van der Waals surface area contributed by atoms with Gasteiger partial charge in [-0.1, -0.05) is 0 Å². The van der Waals surface area contributed by atoms with Crippen LogP contribution in [-0.2, 0) is 0 Å². The van der Waals surface area contributed by atoms with Crippen molar-refractivity contribution >= 4 is 5.82 Å². The van der Waals surface area contributed by atoms with E-state index in [1.54, 1.807) is 0 Å². The monoisotopic (exact) mass is 162 g/mol. The molecule has 0 saturated heterocycles. The maximum atomic E-state index is 4.40. The molecule has 1 aromatic rings. The molecular formula is C10H14N2. The first kappa shape index (κ1) is 7.59. The third-order valence-corrected chi connectivity index (χ3v) is 2.03. The van der Waals surface area contributed by atoms with Crippen LogP contribution in [0.2, 0.25) is 0 Å². The van der Waals surface area contributed by atoms with E-state index >= 15 is 0 Å². The molecule has 1 aliphatic rings. The molecule has 0 bridgehead atoms. The standard InChI is InChI=1S/C10H14N2/c1-7-5-8(2)11-10(6-7)12-9-3-4-9/h5-6,9H,3-4H2,1-2H3,(H,11,12). The molecule has 1 fully saturated rings. The molecule has 1 N–H and O–H groups in total. The van der Waals surface area contributed by atoms with E-state index in [0.717, 1.165) is 11.5 Å². The molecular weight excluding hydrogens is 148 g/mol. The smallest absolute Gasteiger partial charge is 0.126 e. The zero-order valence-electron chi connectivity index (χ0n) is 7.59. The minimum atomic E-state index is 0.693. The normalized spacial score (nSPS) is 16.2. The van der Waals surface area contributed by atoms with Gasteiger partial charge in [0.05, 0.1) is 0 Å². The third kappa shape index (κ3) is 1.76. The number of nitrogens with one attached hydrogen (secondary N) is 1. The number of hydrogen-bond acceptors (Lipinski definition) is 2. The zero-order chi connectivity index (χ0) is 8.55. The van der Waals surface area contributed by atoms with Gasteiger partial charge < -0.3 is 5.32 Å². The Morgan fingerprint density at radius 2 is 2.08 bits per heavy atom. The number of rotatable bonds is 2. The maximum Gasteiger partial charge on any atom is 0.126 e. The van der Waals surface area contributed by atoms with Crippen molar-refractivity contribution in [3.05, 3.63) is 23.4 Å². The Bertz CT molecular complexity index is 270. The minimum absolute atomic E-state index is 0.693. The second-order valence-electron chi connectivity index (χ2n) is 3.59. The summed E-state index contributed by atoms with van der Waals surface area (Å²) in [6.07, 6.45) is 2.60. The lowest BCUT2D eigenvalue weighted by molar-refractivity contribution is 1.08. The SMILES string of the molecule is Cc1cc(C)nc(NC2CC2)c1. The predicted octanol–water partition coefficient (Wildman–Crippen LogP) is 2.27. The summed E-state index contributed by atoms with van der Waals surface area (Å²) in [5.41, 5.74) is 2.38. The van der Waals surface area contributed by atoms with E-state index < -0.39 is 0 Å². The van der Waals surface area contributed by atoms with E-state index in [2.05, 4.69) is 29.4 Å². The van der Waals surface area contributed by atoms with Gasteiger partial charge in [0.25, 0.3) is 0 Å². The van der Waals surface area contributed by atoms with Crippen molar-refractivity contribution in [2.24, 2.45) is 0 Å². The largest absolute Gasteiger partial charge is 0.367 e. The summed E-state index contributed by atoms with van der Waals surface area (Å²) in [5, 5.41) is 3.39. The van der Waals surface area contributed by atoms with Gasteiger partial charge in [0, 0.05) is 11.7 Å². The van der Waals surface area contributed by atoms with Crippen LogP contribution in [0.5, 0.6) is 0 Å². The molecule has 0 spiro atoms. The Labute approximate surface area is 73.0 Å². The van der Waals surface area contributed by atoms with E-state index in [0.29, 0.717) is 6.04 Å². The molecule has 64 valence electrons. The fourth-order valence-corrected chi connectivity index (χ4v) is 1.35. The van der Waals surface area contributed by atoms with Gasteiger partial charge in [-0.3, -0.25) is 0 Å². The topological polar surface area (TPSA) is 24.9 Å². The first-order valence-corrected chi connectivity index (χ1v) is 4.46. The molecule has 12 heavy (non-hydrogen) atoms. The van der Waals surface area contributed by atoms with Gasteiger partial charge >= 0.3 is 0 Å². The van der Waals surface area contributed by atoms with Gasteiger partial charge in [-0.2, -0.15) is 0 Å². The van der Waals surface area contributed by atoms with Gasteiger partial charge in [0.2, 0.25) is 0 Å². The summed E-state index contributed by atoms with van der Waals surface area (Å²) < 4.78 is 0. The Balaban J connectivity index is 2.18. The van der Waals surface area contributed by atoms with Gasteiger partial charge in [0.1, 0.15) is 5.82 Å². The summed E-state index contributed by atoms with van der Waals surface area (Å²) in [6.45, 7) is 4.14. The summed E-state index contributed by atoms with van der Waals surface area (Å²) in [4.78, 5) is 4.40. The highest BCUT2D eigenvalue weighted by atomic mass is 15.0. The van der Waals surface area contributed by atoms with Crippen LogP contribution in [0.15, 0.2) is 12.1 Å². The van der Waals surface area contributed by atoms with Crippen LogP contribution >= 0.6 is 0 Å². The van der Waals surface area contributed by atoms with Crippen molar-refractivity contribution in [1.29, 1.82) is 0 Å². The molecule has 1 heterocycles. The van der Waals surface area contributed by atoms with E-state index in [1.807, 2.05) is 6.92 Å². The number of aromatic nitrogens is 1. The van der Waals surface area contributed by atoms with Crippen LogP contribution in [0.3, 0.4) is 0 Å². The average molecular weight is 162 g/mol. The maximum absolute atomic E-state index is 4.40. The average Bonchev–Trinajstić information content (AvgIpc) is 2.68. The molecule has 2 rings (SSSR count). The quantitative estimate of drug-likeness (QED) is 0.721. The van der Waals surface area contributed by atoms with Gasteiger partial charge in [0.15, 0.2) is 0 Å². The van der Waals surface area contributed by atoms with E-state index in [9.17, 15) is 0 Å². The van der Waals surface area contributed by atoms with E-state index in [-0.39, 0.29) is 0 Å². The third-order valence-electron chi connectivity index (χ3n) is 2.03. The van der Waals surface area contributed by atoms with Crippen molar-refractivity contribution < 1.29 is 0 Å². The lowest BCUT2D eigenvalue weighted by Gasteiger charge is -2.05. The number of pyridine rings is 1. The van der Waals surface area contributed by atoms with Crippen molar-refractivity contribution in [3.8, 4) is 0 Å². The molecule has 1 aromatic heterocycles. The first-order valence-electron chi connectivity index (χ1n) is 4.46. The summed E-state index contributed by atoms with van der Waals surface area (Å²) in [7, 11) is 0. The first-order chi connectivity index (χ1) is 5.74. The molecule has 0 amide bonds. The molecule has 2 heteroatoms. The Morgan fingerprint density at radius 3 is 2.67 bits per heavy atom. The summed E-state index contributed by atoms with van der Waals surface area (Å²) in [6, 6.07) is 4.89. The minimum Gasteiger partial charge on any atom is -0.367 e. The molecule has 0 atom stereocenters. The fourth-order valence-electron chi connectivity index (χ4n) is 1.35. The number of nitrogens with zero attached hydrogens (tertiary/aromatic N) is 1. The zero-order valence-corrected chi connectivity index (χ0v) is 7.59. The lowest BCUT2D eigenvalue weighted by Crippen LogP contribution is -2.03. The van der Waals surface area contributed by atoms with Crippen LogP contribution in [0.1, 0.15) is 24.1 Å². The van der Waals surface area contributed by atoms with Gasteiger partial charge in [-0.25, -0.2) is 4.98 Å². The molecule has 0 radical (unpaired) electrons. The molecule has 0 aliphatic heterocycles. The number of anilines is 1. The van der Waals surface area contributed by atoms with Gasteiger partial charge in [-0.15, -0.1) is 0 Å². The van der Waals surface area contributed by atoms with Crippen LogP contribution in [-0.4, -0.2) is 11.0 Å². The highest BCUT2D eigenvalue weighted by Crippen LogP contribution is 2.24. The van der Waals surface area contributed by atoms with Crippen LogP contribution < -0.4 is 5.32 Å².